The number of amides is 1. The SMILES string of the molecule is CC(C)C[C@H](N)C(=O)NCc1ccc(S(=O)(=O)N2CCOCC2)cc1. The van der Waals surface area contributed by atoms with Gasteiger partial charge in [0.05, 0.1) is 24.2 Å². The van der Waals surface area contributed by atoms with Gasteiger partial charge >= 0.3 is 0 Å². The van der Waals surface area contributed by atoms with Crippen LogP contribution in [0.4, 0.5) is 0 Å². The summed E-state index contributed by atoms with van der Waals surface area (Å²) in [6, 6.07) is 6.03. The molecule has 0 bridgehead atoms. The molecule has 8 heteroatoms. The van der Waals surface area contributed by atoms with Crippen molar-refractivity contribution in [2.24, 2.45) is 11.7 Å². The van der Waals surface area contributed by atoms with Crippen LogP contribution in [0.5, 0.6) is 0 Å². The molecule has 0 saturated carbocycles. The van der Waals surface area contributed by atoms with E-state index in [1.54, 1.807) is 24.3 Å². The van der Waals surface area contributed by atoms with Gasteiger partial charge in [0.25, 0.3) is 0 Å². The molecule has 1 heterocycles. The van der Waals surface area contributed by atoms with E-state index in [4.69, 9.17) is 10.5 Å². The maximum absolute atomic E-state index is 12.5. The maximum atomic E-state index is 12.5. The fourth-order valence-electron chi connectivity index (χ4n) is 2.65. The van der Waals surface area contributed by atoms with Gasteiger partial charge in [-0.3, -0.25) is 4.79 Å². The van der Waals surface area contributed by atoms with E-state index < -0.39 is 16.1 Å². The fourth-order valence-corrected chi connectivity index (χ4v) is 4.06. The number of rotatable bonds is 7. The number of nitrogens with one attached hydrogen (secondary N) is 1. The van der Waals surface area contributed by atoms with Gasteiger partial charge in [0, 0.05) is 19.6 Å². The molecule has 1 fully saturated rings. The molecule has 140 valence electrons. The molecule has 1 aromatic carbocycles. The molecule has 0 aliphatic carbocycles. The van der Waals surface area contributed by atoms with Gasteiger partial charge < -0.3 is 15.8 Å². The topological polar surface area (TPSA) is 102 Å². The summed E-state index contributed by atoms with van der Waals surface area (Å²) in [5.41, 5.74) is 6.66. The van der Waals surface area contributed by atoms with Crippen molar-refractivity contribution < 1.29 is 17.9 Å². The second-order valence-electron chi connectivity index (χ2n) is 6.61. The molecule has 1 saturated heterocycles. The van der Waals surface area contributed by atoms with Crippen LogP contribution in [0, 0.1) is 5.92 Å². The lowest BCUT2D eigenvalue weighted by Gasteiger charge is -2.26. The van der Waals surface area contributed by atoms with Crippen LogP contribution in [0.15, 0.2) is 29.2 Å². The van der Waals surface area contributed by atoms with Crippen LogP contribution in [0.2, 0.25) is 0 Å². The zero-order valence-corrected chi connectivity index (χ0v) is 15.6. The summed E-state index contributed by atoms with van der Waals surface area (Å²) >= 11 is 0. The normalized spacial score (nSPS) is 17.4. The van der Waals surface area contributed by atoms with Gasteiger partial charge in [-0.1, -0.05) is 26.0 Å². The zero-order valence-electron chi connectivity index (χ0n) is 14.8. The van der Waals surface area contributed by atoms with Crippen molar-refractivity contribution in [1.82, 2.24) is 9.62 Å². The number of nitrogens with two attached hydrogens (primary N) is 1. The molecule has 2 rings (SSSR count). The summed E-state index contributed by atoms with van der Waals surface area (Å²) in [6.07, 6.45) is 0.628. The fraction of sp³-hybridized carbons (Fsp3) is 0.588. The van der Waals surface area contributed by atoms with Crippen LogP contribution in [-0.2, 0) is 26.1 Å². The second-order valence-corrected chi connectivity index (χ2v) is 8.55. The maximum Gasteiger partial charge on any atom is 0.243 e. The number of carbonyl (C=O) groups is 1. The van der Waals surface area contributed by atoms with E-state index in [-0.39, 0.29) is 10.8 Å². The van der Waals surface area contributed by atoms with Gasteiger partial charge in [0.2, 0.25) is 15.9 Å². The summed E-state index contributed by atoms with van der Waals surface area (Å²) < 4.78 is 31.7. The Labute approximate surface area is 149 Å². The van der Waals surface area contributed by atoms with Gasteiger partial charge in [0.15, 0.2) is 0 Å². The first kappa shape index (κ1) is 19.8. The molecular weight excluding hydrogens is 342 g/mol. The van der Waals surface area contributed by atoms with Gasteiger partial charge in [-0.05, 0) is 30.0 Å². The van der Waals surface area contributed by atoms with Crippen LogP contribution in [0.1, 0.15) is 25.8 Å². The highest BCUT2D eigenvalue weighted by Crippen LogP contribution is 2.17. The molecule has 0 spiro atoms. The third-order valence-electron chi connectivity index (χ3n) is 4.06. The minimum Gasteiger partial charge on any atom is -0.379 e. The number of hydrogen-bond acceptors (Lipinski definition) is 5. The minimum atomic E-state index is -3.49. The highest BCUT2D eigenvalue weighted by molar-refractivity contribution is 7.89. The van der Waals surface area contributed by atoms with Crippen molar-refractivity contribution in [3.05, 3.63) is 29.8 Å². The summed E-state index contributed by atoms with van der Waals surface area (Å²) in [6.45, 7) is 5.92. The van der Waals surface area contributed by atoms with Crippen molar-refractivity contribution in [2.75, 3.05) is 26.3 Å². The Balaban J connectivity index is 1.94. The van der Waals surface area contributed by atoms with Crippen molar-refractivity contribution in [3.8, 4) is 0 Å². The highest BCUT2D eigenvalue weighted by atomic mass is 32.2. The van der Waals surface area contributed by atoms with Gasteiger partial charge in [0.1, 0.15) is 0 Å². The summed E-state index contributed by atoms with van der Waals surface area (Å²) in [5, 5.41) is 2.79. The Bertz CT molecular complexity index is 668. The molecule has 0 unspecified atom stereocenters. The largest absolute Gasteiger partial charge is 0.379 e. The van der Waals surface area contributed by atoms with Crippen LogP contribution in [0.3, 0.4) is 0 Å². The molecule has 1 aliphatic heterocycles. The van der Waals surface area contributed by atoms with Crippen LogP contribution >= 0.6 is 0 Å². The molecule has 7 nitrogen and oxygen atoms in total. The molecule has 0 aromatic heterocycles. The first-order chi connectivity index (χ1) is 11.8. The molecule has 1 aliphatic rings. The molecule has 1 atom stereocenters. The predicted molar refractivity (Wildman–Crippen MR) is 95.3 cm³/mol. The second kappa shape index (κ2) is 8.75. The van der Waals surface area contributed by atoms with Crippen molar-refractivity contribution in [2.45, 2.75) is 37.8 Å². The number of morpholine rings is 1. The van der Waals surface area contributed by atoms with E-state index in [9.17, 15) is 13.2 Å². The summed E-state index contributed by atoms with van der Waals surface area (Å²) in [5.74, 6) is 0.157. The quantitative estimate of drug-likeness (QED) is 0.737. The van der Waals surface area contributed by atoms with Crippen molar-refractivity contribution in [1.29, 1.82) is 0 Å². The van der Waals surface area contributed by atoms with E-state index in [1.165, 1.54) is 4.31 Å². The lowest BCUT2D eigenvalue weighted by molar-refractivity contribution is -0.122. The third kappa shape index (κ3) is 5.50. The van der Waals surface area contributed by atoms with Gasteiger partial charge in [-0.25, -0.2) is 8.42 Å². The van der Waals surface area contributed by atoms with E-state index in [0.29, 0.717) is 45.2 Å². The molecule has 25 heavy (non-hydrogen) atoms. The molecular formula is C17H27N3O4S. The molecule has 1 amide bonds. The number of sulfonamides is 1. The Hall–Kier alpha value is -1.48. The standard InChI is InChI=1S/C17H27N3O4S/c1-13(2)11-16(18)17(21)19-12-14-3-5-15(6-4-14)25(22,23)20-7-9-24-10-8-20/h3-6,13,16H,7-12,18H2,1-2H3,(H,19,21)/t16-/m0/s1. The Kier molecular flexibility index (Phi) is 6.95. The average Bonchev–Trinajstić information content (AvgIpc) is 2.60. The minimum absolute atomic E-state index is 0.196. The lowest BCUT2D eigenvalue weighted by Crippen LogP contribution is -2.41. The first-order valence-electron chi connectivity index (χ1n) is 8.51. The number of nitrogens with zero attached hydrogens (tertiary/aromatic N) is 1. The predicted octanol–water partition coefficient (Wildman–Crippen LogP) is 0.697. The Morgan fingerprint density at radius 3 is 2.40 bits per heavy atom. The smallest absolute Gasteiger partial charge is 0.243 e. The van der Waals surface area contributed by atoms with E-state index in [1.807, 2.05) is 13.8 Å². The molecule has 1 aromatic rings. The molecule has 3 N–H and O–H groups in total. The number of benzene rings is 1. The zero-order chi connectivity index (χ0) is 18.4. The lowest BCUT2D eigenvalue weighted by atomic mass is 10.0. The molecule has 0 radical (unpaired) electrons. The van der Waals surface area contributed by atoms with E-state index in [2.05, 4.69) is 5.32 Å². The monoisotopic (exact) mass is 369 g/mol. The summed E-state index contributed by atoms with van der Waals surface area (Å²) in [7, 11) is -3.49. The van der Waals surface area contributed by atoms with Crippen LogP contribution in [0.25, 0.3) is 0 Å². The van der Waals surface area contributed by atoms with Crippen LogP contribution in [-0.4, -0.2) is 51.0 Å². The number of carbonyl (C=O) groups excluding carboxylic acids is 1. The highest BCUT2D eigenvalue weighted by Gasteiger charge is 2.26. The Morgan fingerprint density at radius 2 is 1.84 bits per heavy atom. The van der Waals surface area contributed by atoms with Gasteiger partial charge in [-0.15, -0.1) is 0 Å². The number of ether oxygens (including phenoxy) is 1. The van der Waals surface area contributed by atoms with Crippen molar-refractivity contribution in [3.63, 3.8) is 0 Å². The number of hydrogen-bond donors (Lipinski definition) is 2. The third-order valence-corrected chi connectivity index (χ3v) is 5.97. The van der Waals surface area contributed by atoms with Gasteiger partial charge in [-0.2, -0.15) is 4.31 Å². The first-order valence-corrected chi connectivity index (χ1v) is 9.95. The van der Waals surface area contributed by atoms with E-state index in [0.717, 1.165) is 5.56 Å². The van der Waals surface area contributed by atoms with E-state index >= 15 is 0 Å². The average molecular weight is 369 g/mol. The van der Waals surface area contributed by atoms with Crippen molar-refractivity contribution >= 4 is 15.9 Å². The summed E-state index contributed by atoms with van der Waals surface area (Å²) in [4.78, 5) is 12.2. The Morgan fingerprint density at radius 1 is 1.24 bits per heavy atom. The van der Waals surface area contributed by atoms with Crippen LogP contribution < -0.4 is 11.1 Å².